The van der Waals surface area contributed by atoms with Gasteiger partial charge in [0.15, 0.2) is 0 Å². The zero-order valence-corrected chi connectivity index (χ0v) is 15.0. The highest BCUT2D eigenvalue weighted by Crippen LogP contribution is 2.18. The van der Waals surface area contributed by atoms with Gasteiger partial charge in [-0.1, -0.05) is 60.2 Å². The normalized spacial score (nSPS) is 11.2. The summed E-state index contributed by atoms with van der Waals surface area (Å²) in [6.07, 6.45) is 1.89. The fourth-order valence-corrected chi connectivity index (χ4v) is 3.66. The van der Waals surface area contributed by atoms with E-state index in [1.165, 1.54) is 11.1 Å². The Morgan fingerprint density at radius 2 is 1.28 bits per heavy atom. The molecule has 3 aromatic rings. The molecular formula is C21H21NO2S. The Morgan fingerprint density at radius 3 is 1.88 bits per heavy atom. The monoisotopic (exact) mass is 351 g/mol. The van der Waals surface area contributed by atoms with Crippen LogP contribution in [-0.2, 0) is 22.9 Å². The first kappa shape index (κ1) is 17.2. The van der Waals surface area contributed by atoms with Crippen molar-refractivity contribution in [1.82, 2.24) is 0 Å². The fourth-order valence-electron chi connectivity index (χ4n) is 2.60. The summed E-state index contributed by atoms with van der Waals surface area (Å²) in [4.78, 5) is 0.270. The van der Waals surface area contributed by atoms with E-state index in [1.807, 2.05) is 49.4 Å². The molecule has 0 aliphatic rings. The molecule has 0 fully saturated rings. The number of sulfonamides is 1. The van der Waals surface area contributed by atoms with Crippen LogP contribution in [0.4, 0.5) is 5.69 Å². The summed E-state index contributed by atoms with van der Waals surface area (Å²) in [6, 6.07) is 24.7. The van der Waals surface area contributed by atoms with Crippen molar-refractivity contribution in [2.45, 2.75) is 24.7 Å². The molecule has 0 aliphatic heterocycles. The van der Waals surface area contributed by atoms with Crippen molar-refractivity contribution >= 4 is 15.7 Å². The largest absolute Gasteiger partial charge is 0.280 e. The maximum absolute atomic E-state index is 12.4. The second-order valence-electron chi connectivity index (χ2n) is 6.10. The zero-order chi connectivity index (χ0) is 17.7. The van der Waals surface area contributed by atoms with Crippen molar-refractivity contribution in [3.05, 3.63) is 95.6 Å². The van der Waals surface area contributed by atoms with Crippen molar-refractivity contribution < 1.29 is 8.42 Å². The Bertz CT molecular complexity index is 916. The van der Waals surface area contributed by atoms with E-state index in [4.69, 9.17) is 0 Å². The molecule has 0 saturated carbocycles. The lowest BCUT2D eigenvalue weighted by Gasteiger charge is -2.09. The van der Waals surface area contributed by atoms with Crippen LogP contribution in [-0.4, -0.2) is 8.42 Å². The van der Waals surface area contributed by atoms with Crippen LogP contribution >= 0.6 is 0 Å². The van der Waals surface area contributed by atoms with Gasteiger partial charge in [-0.15, -0.1) is 0 Å². The predicted octanol–water partition coefficient (Wildman–Crippen LogP) is 4.58. The van der Waals surface area contributed by atoms with Gasteiger partial charge >= 0.3 is 0 Å². The van der Waals surface area contributed by atoms with Crippen LogP contribution in [0.3, 0.4) is 0 Å². The summed E-state index contributed by atoms with van der Waals surface area (Å²) in [6.45, 7) is 1.93. The molecule has 3 nitrogen and oxygen atoms in total. The molecule has 0 heterocycles. The van der Waals surface area contributed by atoms with Crippen molar-refractivity contribution in [1.29, 1.82) is 0 Å². The van der Waals surface area contributed by atoms with Gasteiger partial charge in [-0.3, -0.25) is 4.72 Å². The molecule has 0 amide bonds. The molecule has 0 aliphatic carbocycles. The maximum atomic E-state index is 12.4. The molecule has 0 spiro atoms. The summed E-state index contributed by atoms with van der Waals surface area (Å²) < 4.78 is 27.4. The number of nitrogens with one attached hydrogen (secondary N) is 1. The lowest BCUT2D eigenvalue weighted by Crippen LogP contribution is -2.12. The van der Waals surface area contributed by atoms with Gasteiger partial charge in [0.1, 0.15) is 0 Å². The van der Waals surface area contributed by atoms with Gasteiger partial charge in [-0.2, -0.15) is 0 Å². The van der Waals surface area contributed by atoms with Gasteiger partial charge in [0, 0.05) is 5.69 Å². The number of aryl methyl sites for hydroxylation is 3. The van der Waals surface area contributed by atoms with E-state index in [9.17, 15) is 8.42 Å². The quantitative estimate of drug-likeness (QED) is 0.706. The standard InChI is InChI=1S/C21H21NO2S/c1-17-7-15-21(16-8-17)25(23,24)22-20-13-11-19(12-14-20)10-9-18-5-3-2-4-6-18/h2-8,11-16,22H,9-10H2,1H3. The van der Waals surface area contributed by atoms with Gasteiger partial charge in [-0.05, 0) is 55.2 Å². The Hall–Kier alpha value is -2.59. The fraction of sp³-hybridized carbons (Fsp3) is 0.143. The van der Waals surface area contributed by atoms with E-state index < -0.39 is 10.0 Å². The summed E-state index contributed by atoms with van der Waals surface area (Å²) in [5.74, 6) is 0. The smallest absolute Gasteiger partial charge is 0.261 e. The summed E-state index contributed by atoms with van der Waals surface area (Å²) >= 11 is 0. The molecular weight excluding hydrogens is 330 g/mol. The lowest BCUT2D eigenvalue weighted by molar-refractivity contribution is 0.601. The number of rotatable bonds is 6. The molecule has 25 heavy (non-hydrogen) atoms. The number of anilines is 1. The Morgan fingerprint density at radius 1 is 0.720 bits per heavy atom. The molecule has 0 saturated heterocycles. The van der Waals surface area contributed by atoms with E-state index in [2.05, 4.69) is 16.9 Å². The van der Waals surface area contributed by atoms with Gasteiger partial charge < -0.3 is 0 Å². The topological polar surface area (TPSA) is 46.2 Å². The first-order valence-electron chi connectivity index (χ1n) is 8.25. The second-order valence-corrected chi connectivity index (χ2v) is 7.78. The molecule has 1 N–H and O–H groups in total. The molecule has 0 bridgehead atoms. The van der Waals surface area contributed by atoms with Gasteiger partial charge in [0.25, 0.3) is 10.0 Å². The third-order valence-electron chi connectivity index (χ3n) is 4.08. The number of hydrogen-bond acceptors (Lipinski definition) is 2. The van der Waals surface area contributed by atoms with Gasteiger partial charge in [0.05, 0.1) is 4.90 Å². The van der Waals surface area contributed by atoms with Crippen molar-refractivity contribution in [3.63, 3.8) is 0 Å². The van der Waals surface area contributed by atoms with Crippen LogP contribution in [0.2, 0.25) is 0 Å². The number of benzene rings is 3. The molecule has 0 unspecified atom stereocenters. The van der Waals surface area contributed by atoms with Gasteiger partial charge in [-0.25, -0.2) is 8.42 Å². The minimum atomic E-state index is -3.55. The summed E-state index contributed by atoms with van der Waals surface area (Å²) in [7, 11) is -3.55. The highest BCUT2D eigenvalue weighted by molar-refractivity contribution is 7.92. The van der Waals surface area contributed by atoms with Gasteiger partial charge in [0.2, 0.25) is 0 Å². The van der Waals surface area contributed by atoms with Crippen LogP contribution < -0.4 is 4.72 Å². The van der Waals surface area contributed by atoms with E-state index in [0.717, 1.165) is 18.4 Å². The first-order valence-corrected chi connectivity index (χ1v) is 9.74. The maximum Gasteiger partial charge on any atom is 0.261 e. The predicted molar refractivity (Wildman–Crippen MR) is 102 cm³/mol. The minimum absolute atomic E-state index is 0.270. The Labute approximate surface area is 149 Å². The first-order chi connectivity index (χ1) is 12.0. The van der Waals surface area contributed by atoms with E-state index in [0.29, 0.717) is 5.69 Å². The second kappa shape index (κ2) is 7.53. The minimum Gasteiger partial charge on any atom is -0.280 e. The van der Waals surface area contributed by atoms with Crippen molar-refractivity contribution in [2.24, 2.45) is 0 Å². The Balaban J connectivity index is 1.65. The third-order valence-corrected chi connectivity index (χ3v) is 5.48. The Kier molecular flexibility index (Phi) is 5.19. The molecule has 0 radical (unpaired) electrons. The molecule has 3 aromatic carbocycles. The SMILES string of the molecule is Cc1ccc(S(=O)(=O)Nc2ccc(CCc3ccccc3)cc2)cc1. The number of hydrogen-bond donors (Lipinski definition) is 1. The molecule has 128 valence electrons. The highest BCUT2D eigenvalue weighted by atomic mass is 32.2. The molecule has 3 rings (SSSR count). The van der Waals surface area contributed by atoms with E-state index >= 15 is 0 Å². The van der Waals surface area contributed by atoms with Crippen LogP contribution in [0.5, 0.6) is 0 Å². The average Bonchev–Trinajstić information content (AvgIpc) is 2.62. The highest BCUT2D eigenvalue weighted by Gasteiger charge is 2.13. The molecule has 0 atom stereocenters. The van der Waals surface area contributed by atoms with E-state index in [1.54, 1.807) is 24.3 Å². The van der Waals surface area contributed by atoms with Crippen LogP contribution in [0.1, 0.15) is 16.7 Å². The lowest BCUT2D eigenvalue weighted by atomic mass is 10.0. The zero-order valence-electron chi connectivity index (χ0n) is 14.1. The van der Waals surface area contributed by atoms with Crippen molar-refractivity contribution in [2.75, 3.05) is 4.72 Å². The summed E-state index contributed by atoms with van der Waals surface area (Å²) in [5, 5.41) is 0. The van der Waals surface area contributed by atoms with Crippen LogP contribution in [0.15, 0.2) is 83.8 Å². The molecule has 0 aromatic heterocycles. The molecule has 4 heteroatoms. The van der Waals surface area contributed by atoms with Crippen LogP contribution in [0.25, 0.3) is 0 Å². The summed E-state index contributed by atoms with van der Waals surface area (Å²) in [5.41, 5.74) is 4.08. The average molecular weight is 351 g/mol. The van der Waals surface area contributed by atoms with Crippen molar-refractivity contribution in [3.8, 4) is 0 Å². The van der Waals surface area contributed by atoms with Crippen LogP contribution in [0, 0.1) is 6.92 Å². The van der Waals surface area contributed by atoms with E-state index in [-0.39, 0.29) is 4.90 Å². The third kappa shape index (κ3) is 4.70.